The molecule has 0 saturated carbocycles. The fourth-order valence-corrected chi connectivity index (χ4v) is 4.52. The van der Waals surface area contributed by atoms with Crippen LogP contribution in [-0.4, -0.2) is 52.3 Å². The fourth-order valence-electron chi connectivity index (χ4n) is 3.42. The van der Waals surface area contributed by atoms with Crippen molar-refractivity contribution < 1.29 is 13.2 Å². The Morgan fingerprint density at radius 3 is 2.76 bits per heavy atom. The summed E-state index contributed by atoms with van der Waals surface area (Å²) in [7, 11) is -1.73. The maximum atomic E-state index is 12.5. The molecule has 1 atom stereocenters. The number of benzene rings is 1. The van der Waals surface area contributed by atoms with Gasteiger partial charge in [-0.25, -0.2) is 22.2 Å². The first kappa shape index (κ1) is 21.5. The Morgan fingerprint density at radius 2 is 2.10 bits per heavy atom. The highest BCUT2D eigenvalue weighted by molar-refractivity contribution is 7.88. The summed E-state index contributed by atoms with van der Waals surface area (Å²) in [6.07, 6.45) is 2.59. The highest BCUT2D eigenvalue weighted by Gasteiger charge is 2.30. The first-order valence-electron chi connectivity index (χ1n) is 9.21. The van der Waals surface area contributed by atoms with Gasteiger partial charge >= 0.3 is 5.69 Å². The van der Waals surface area contributed by atoms with Crippen LogP contribution in [0, 0.1) is 6.92 Å². The van der Waals surface area contributed by atoms with Gasteiger partial charge in [-0.1, -0.05) is 17.7 Å². The quantitative estimate of drug-likeness (QED) is 0.753. The lowest BCUT2D eigenvalue weighted by Crippen LogP contribution is -2.39. The standard InChI is InChI=1S/C18H24ClN5O4S/c1-12-6-7-14(9-15(12)19)20-16(25)11-24-18(26)22(2)17(21-24)13-5-4-8-23(10-13)29(3,27)28/h6-7,9,13H,4-5,8,10-11H2,1-3H3,(H,20,25)/t13-/m1/s1. The molecule has 0 aliphatic carbocycles. The zero-order valence-corrected chi connectivity index (χ0v) is 18.1. The topological polar surface area (TPSA) is 106 Å². The molecule has 0 bridgehead atoms. The second kappa shape index (κ2) is 8.29. The number of sulfonamides is 1. The second-order valence-electron chi connectivity index (χ2n) is 7.33. The zero-order chi connectivity index (χ0) is 21.3. The molecule has 9 nitrogen and oxygen atoms in total. The van der Waals surface area contributed by atoms with E-state index < -0.39 is 21.6 Å². The maximum absolute atomic E-state index is 12.5. The SMILES string of the molecule is Cc1ccc(NC(=O)Cn2nc([C@@H]3CCCN(S(C)(=O)=O)C3)n(C)c2=O)cc1Cl. The van der Waals surface area contributed by atoms with Crippen molar-refractivity contribution >= 4 is 33.2 Å². The van der Waals surface area contributed by atoms with E-state index in [0.29, 0.717) is 29.5 Å². The fraction of sp³-hybridized carbons (Fsp3) is 0.500. The third kappa shape index (κ3) is 4.88. The van der Waals surface area contributed by atoms with E-state index in [1.165, 1.54) is 15.1 Å². The molecule has 1 aromatic carbocycles. The first-order valence-corrected chi connectivity index (χ1v) is 11.4. The van der Waals surface area contributed by atoms with E-state index in [1.807, 2.05) is 6.92 Å². The smallest absolute Gasteiger partial charge is 0.324 e. The van der Waals surface area contributed by atoms with Crippen molar-refractivity contribution in [1.82, 2.24) is 18.7 Å². The number of carbonyl (C=O) groups is 1. The Kier molecular flexibility index (Phi) is 6.16. The minimum atomic E-state index is -3.31. The van der Waals surface area contributed by atoms with Gasteiger partial charge in [0, 0.05) is 36.8 Å². The van der Waals surface area contributed by atoms with Gasteiger partial charge in [0.1, 0.15) is 12.4 Å². The van der Waals surface area contributed by atoms with Crippen molar-refractivity contribution in [2.24, 2.45) is 7.05 Å². The monoisotopic (exact) mass is 441 g/mol. The highest BCUT2D eigenvalue weighted by atomic mass is 35.5. The summed E-state index contributed by atoms with van der Waals surface area (Å²) in [5.41, 5.74) is 1.00. The number of aryl methyl sites for hydroxylation is 1. The molecule has 0 spiro atoms. The maximum Gasteiger partial charge on any atom is 0.346 e. The molecule has 1 aliphatic rings. The summed E-state index contributed by atoms with van der Waals surface area (Å²) in [6, 6.07) is 5.16. The van der Waals surface area contributed by atoms with Crippen LogP contribution in [0.1, 0.15) is 30.1 Å². The van der Waals surface area contributed by atoms with Crippen molar-refractivity contribution in [3.05, 3.63) is 45.1 Å². The Balaban J connectivity index is 1.75. The van der Waals surface area contributed by atoms with E-state index in [2.05, 4.69) is 10.4 Å². The van der Waals surface area contributed by atoms with Gasteiger partial charge in [-0.3, -0.25) is 9.36 Å². The molecule has 3 rings (SSSR count). The molecule has 1 fully saturated rings. The van der Waals surface area contributed by atoms with Crippen LogP contribution in [0.25, 0.3) is 0 Å². The van der Waals surface area contributed by atoms with Gasteiger partial charge in [0.15, 0.2) is 0 Å². The van der Waals surface area contributed by atoms with Crippen LogP contribution in [0.15, 0.2) is 23.0 Å². The van der Waals surface area contributed by atoms with E-state index in [4.69, 9.17) is 11.6 Å². The average Bonchev–Trinajstić information content (AvgIpc) is 2.92. The zero-order valence-electron chi connectivity index (χ0n) is 16.6. The lowest BCUT2D eigenvalue weighted by Gasteiger charge is -2.30. The molecular weight excluding hydrogens is 418 g/mol. The number of nitrogens with zero attached hydrogens (tertiary/aromatic N) is 4. The minimum Gasteiger partial charge on any atom is -0.324 e. The number of piperidine rings is 1. The Bertz CT molecular complexity index is 1090. The molecule has 29 heavy (non-hydrogen) atoms. The van der Waals surface area contributed by atoms with Crippen LogP contribution >= 0.6 is 11.6 Å². The van der Waals surface area contributed by atoms with Crippen molar-refractivity contribution in [2.45, 2.75) is 32.2 Å². The number of amides is 1. The molecule has 11 heteroatoms. The first-order chi connectivity index (χ1) is 13.6. The van der Waals surface area contributed by atoms with Gasteiger partial charge < -0.3 is 5.32 Å². The Hall–Kier alpha value is -2.17. The number of rotatable bonds is 5. The number of hydrogen-bond donors (Lipinski definition) is 1. The van der Waals surface area contributed by atoms with Crippen LogP contribution in [-0.2, 0) is 28.4 Å². The van der Waals surface area contributed by atoms with Crippen LogP contribution in [0.2, 0.25) is 5.02 Å². The van der Waals surface area contributed by atoms with Gasteiger partial charge in [0.25, 0.3) is 0 Å². The molecule has 1 saturated heterocycles. The minimum absolute atomic E-state index is 0.198. The lowest BCUT2D eigenvalue weighted by molar-refractivity contribution is -0.117. The Labute approximate surface area is 174 Å². The predicted octanol–water partition coefficient (Wildman–Crippen LogP) is 1.32. The van der Waals surface area contributed by atoms with Gasteiger partial charge in [-0.15, -0.1) is 0 Å². The molecule has 1 aromatic heterocycles. The predicted molar refractivity (Wildman–Crippen MR) is 111 cm³/mol. The molecule has 1 N–H and O–H groups in total. The average molecular weight is 442 g/mol. The highest BCUT2D eigenvalue weighted by Crippen LogP contribution is 2.26. The van der Waals surface area contributed by atoms with Gasteiger partial charge in [0.2, 0.25) is 15.9 Å². The van der Waals surface area contributed by atoms with Gasteiger partial charge in [-0.05, 0) is 37.5 Å². The molecule has 2 aromatic rings. The van der Waals surface area contributed by atoms with E-state index in [1.54, 1.807) is 25.2 Å². The van der Waals surface area contributed by atoms with E-state index in [0.717, 1.165) is 16.7 Å². The number of hydrogen-bond acceptors (Lipinski definition) is 5. The van der Waals surface area contributed by atoms with E-state index in [9.17, 15) is 18.0 Å². The molecule has 158 valence electrons. The summed E-state index contributed by atoms with van der Waals surface area (Å²) in [6.45, 7) is 2.35. The van der Waals surface area contributed by atoms with Crippen LogP contribution < -0.4 is 11.0 Å². The lowest BCUT2D eigenvalue weighted by atomic mass is 9.99. The van der Waals surface area contributed by atoms with Gasteiger partial charge in [-0.2, -0.15) is 5.10 Å². The van der Waals surface area contributed by atoms with Crippen LogP contribution in [0.3, 0.4) is 0 Å². The summed E-state index contributed by atoms with van der Waals surface area (Å²) < 4.78 is 27.6. The molecule has 1 aliphatic heterocycles. The van der Waals surface area contributed by atoms with Crippen molar-refractivity contribution in [1.29, 1.82) is 0 Å². The van der Waals surface area contributed by atoms with E-state index in [-0.39, 0.29) is 19.0 Å². The third-order valence-corrected chi connectivity index (χ3v) is 6.72. The number of anilines is 1. The normalized spacial score (nSPS) is 18.0. The van der Waals surface area contributed by atoms with Gasteiger partial charge in [0.05, 0.1) is 6.26 Å². The third-order valence-electron chi connectivity index (χ3n) is 5.04. The van der Waals surface area contributed by atoms with Crippen molar-refractivity contribution in [3.63, 3.8) is 0 Å². The summed E-state index contributed by atoms with van der Waals surface area (Å²) in [4.78, 5) is 24.9. The second-order valence-corrected chi connectivity index (χ2v) is 9.72. The number of aromatic nitrogens is 3. The summed E-state index contributed by atoms with van der Waals surface area (Å²) in [5.74, 6) is -0.121. The summed E-state index contributed by atoms with van der Waals surface area (Å²) >= 11 is 6.07. The molecule has 1 amide bonds. The molecule has 2 heterocycles. The summed E-state index contributed by atoms with van der Waals surface area (Å²) in [5, 5.41) is 7.56. The van der Waals surface area contributed by atoms with E-state index >= 15 is 0 Å². The molecule has 0 unspecified atom stereocenters. The Morgan fingerprint density at radius 1 is 1.38 bits per heavy atom. The molecule has 0 radical (unpaired) electrons. The van der Waals surface area contributed by atoms with Crippen molar-refractivity contribution in [3.8, 4) is 0 Å². The van der Waals surface area contributed by atoms with Crippen molar-refractivity contribution in [2.75, 3.05) is 24.7 Å². The largest absolute Gasteiger partial charge is 0.346 e. The number of nitrogens with one attached hydrogen (secondary N) is 1. The number of halogens is 1. The number of carbonyl (C=O) groups excluding carboxylic acids is 1. The van der Waals surface area contributed by atoms with Crippen LogP contribution in [0.4, 0.5) is 5.69 Å². The van der Waals surface area contributed by atoms with Crippen LogP contribution in [0.5, 0.6) is 0 Å². The molecular formula is C18H24ClN5O4S.